The van der Waals surface area contributed by atoms with E-state index in [1.54, 1.807) is 5.01 Å². The molecule has 1 saturated heterocycles. The summed E-state index contributed by atoms with van der Waals surface area (Å²) in [7, 11) is 0. The van der Waals surface area contributed by atoms with Gasteiger partial charge in [0.15, 0.2) is 6.19 Å². The zero-order valence-electron chi connectivity index (χ0n) is 16.6. The van der Waals surface area contributed by atoms with Crippen molar-refractivity contribution in [1.82, 2.24) is 15.2 Å². The van der Waals surface area contributed by atoms with E-state index in [4.69, 9.17) is 28.3 Å². The minimum atomic E-state index is -0.209. The first-order valence-electron chi connectivity index (χ1n) is 9.91. The van der Waals surface area contributed by atoms with E-state index in [0.29, 0.717) is 47.8 Å². The Morgan fingerprint density at radius 3 is 2.84 bits per heavy atom. The first-order chi connectivity index (χ1) is 15.1. The van der Waals surface area contributed by atoms with Gasteiger partial charge in [0.1, 0.15) is 5.71 Å². The van der Waals surface area contributed by atoms with E-state index in [9.17, 15) is 10.1 Å². The van der Waals surface area contributed by atoms with Gasteiger partial charge in [-0.25, -0.2) is 5.01 Å². The Hall–Kier alpha value is -2.60. The number of carbonyl (C=O) groups excluding carboxylic acids is 1. The van der Waals surface area contributed by atoms with Gasteiger partial charge >= 0.3 is 0 Å². The number of nitriles is 1. The number of benzene rings is 1. The van der Waals surface area contributed by atoms with Crippen LogP contribution in [0.3, 0.4) is 0 Å². The number of rotatable bonds is 5. The Morgan fingerprint density at radius 2 is 2.16 bits per heavy atom. The summed E-state index contributed by atoms with van der Waals surface area (Å²) in [6, 6.07) is 11.1. The van der Waals surface area contributed by atoms with Gasteiger partial charge in [0.25, 0.3) is 0 Å². The fraction of sp³-hybridized carbons (Fsp3) is 0.333. The van der Waals surface area contributed by atoms with Crippen LogP contribution in [-0.2, 0) is 11.2 Å². The quantitative estimate of drug-likeness (QED) is 0.309. The van der Waals surface area contributed by atoms with Crippen LogP contribution in [0.15, 0.2) is 46.5 Å². The van der Waals surface area contributed by atoms with E-state index in [0.717, 1.165) is 22.6 Å². The van der Waals surface area contributed by atoms with Crippen LogP contribution in [0.25, 0.3) is 0 Å². The molecule has 1 aromatic heterocycles. The molecule has 2 aliphatic rings. The summed E-state index contributed by atoms with van der Waals surface area (Å²) in [5, 5.41) is 19.0. The summed E-state index contributed by atoms with van der Waals surface area (Å²) in [4.78, 5) is 19.8. The molecular formula is C21H20Cl2N6OS. The monoisotopic (exact) mass is 474 g/mol. The SMILES string of the molecule is N#CNC(=NCCc1ccccc1Cl)N1CC(N2CCCC2=O)C(c2ccc(Cl)s2)=N1. The van der Waals surface area contributed by atoms with Gasteiger partial charge in [-0.1, -0.05) is 41.4 Å². The van der Waals surface area contributed by atoms with Crippen molar-refractivity contribution in [3.05, 3.63) is 56.2 Å². The molecule has 1 unspecified atom stereocenters. The number of nitrogens with one attached hydrogen (secondary N) is 1. The van der Waals surface area contributed by atoms with Crippen molar-refractivity contribution >= 4 is 52.1 Å². The summed E-state index contributed by atoms with van der Waals surface area (Å²) < 4.78 is 0.659. The number of amides is 1. The molecule has 160 valence electrons. The number of carbonyl (C=O) groups is 1. The molecule has 1 amide bonds. The minimum Gasteiger partial charge on any atom is -0.332 e. The highest BCUT2D eigenvalue weighted by Gasteiger charge is 2.39. The number of hydrogen-bond acceptors (Lipinski definition) is 5. The van der Waals surface area contributed by atoms with Crippen LogP contribution < -0.4 is 5.32 Å². The molecule has 1 fully saturated rings. The van der Waals surface area contributed by atoms with Gasteiger partial charge in [-0.2, -0.15) is 10.4 Å². The molecule has 10 heteroatoms. The summed E-state index contributed by atoms with van der Waals surface area (Å²) >= 11 is 13.8. The molecule has 1 aromatic carbocycles. The van der Waals surface area contributed by atoms with E-state index in [-0.39, 0.29) is 11.9 Å². The zero-order valence-corrected chi connectivity index (χ0v) is 18.9. The molecule has 3 heterocycles. The third kappa shape index (κ3) is 4.85. The van der Waals surface area contributed by atoms with Gasteiger partial charge in [0, 0.05) is 24.5 Å². The molecule has 0 spiro atoms. The Morgan fingerprint density at radius 1 is 1.32 bits per heavy atom. The topological polar surface area (TPSA) is 84.1 Å². The Kier molecular flexibility index (Phi) is 6.76. The Balaban J connectivity index is 1.57. The van der Waals surface area contributed by atoms with Crippen LogP contribution in [0, 0.1) is 11.5 Å². The zero-order chi connectivity index (χ0) is 21.8. The number of nitrogens with zero attached hydrogens (tertiary/aromatic N) is 5. The normalized spacial score (nSPS) is 19.0. The van der Waals surface area contributed by atoms with E-state index < -0.39 is 0 Å². The molecule has 4 rings (SSSR count). The minimum absolute atomic E-state index is 0.118. The first-order valence-corrected chi connectivity index (χ1v) is 11.5. The molecule has 0 bridgehead atoms. The molecule has 1 atom stereocenters. The number of guanidine groups is 1. The van der Waals surface area contributed by atoms with Crippen molar-refractivity contribution in [2.45, 2.75) is 25.3 Å². The van der Waals surface area contributed by atoms with Gasteiger partial charge in [0.05, 0.1) is 21.8 Å². The number of likely N-dealkylation sites (tertiary alicyclic amines) is 1. The number of thiophene rings is 1. The molecule has 1 N–H and O–H groups in total. The smallest absolute Gasteiger partial charge is 0.228 e. The van der Waals surface area contributed by atoms with E-state index in [2.05, 4.69) is 10.3 Å². The lowest BCUT2D eigenvalue weighted by atomic mass is 10.1. The first kappa shape index (κ1) is 21.6. The van der Waals surface area contributed by atoms with Crippen LogP contribution in [0.1, 0.15) is 23.3 Å². The van der Waals surface area contributed by atoms with Crippen LogP contribution in [0.5, 0.6) is 0 Å². The maximum absolute atomic E-state index is 12.4. The molecule has 2 aromatic rings. The fourth-order valence-electron chi connectivity index (χ4n) is 3.75. The molecule has 31 heavy (non-hydrogen) atoms. The number of hydrazone groups is 1. The van der Waals surface area contributed by atoms with E-state index >= 15 is 0 Å². The third-order valence-electron chi connectivity index (χ3n) is 5.21. The summed E-state index contributed by atoms with van der Waals surface area (Å²) in [6.07, 6.45) is 3.96. The number of halogens is 2. The maximum Gasteiger partial charge on any atom is 0.228 e. The van der Waals surface area contributed by atoms with Gasteiger partial charge in [-0.3, -0.25) is 15.1 Å². The summed E-state index contributed by atoms with van der Waals surface area (Å²) in [5.74, 6) is 0.469. The highest BCUT2D eigenvalue weighted by atomic mass is 35.5. The maximum atomic E-state index is 12.4. The van der Waals surface area contributed by atoms with Gasteiger partial charge in [0.2, 0.25) is 11.9 Å². The average molecular weight is 475 g/mol. The molecule has 0 radical (unpaired) electrons. The van der Waals surface area contributed by atoms with Crippen LogP contribution >= 0.6 is 34.5 Å². The standard InChI is InChI=1S/C21H20Cl2N6OS/c22-15-5-2-1-4-14(15)9-10-25-21(26-13-24)29-12-16(28-11-3-6-19(28)30)20(27-29)17-7-8-18(23)31-17/h1-2,4-5,7-8,16H,3,6,9-12H2,(H,25,26). The fourth-order valence-corrected chi connectivity index (χ4v) is 5.06. The molecular weight excluding hydrogens is 455 g/mol. The Bertz CT molecular complexity index is 1080. The van der Waals surface area contributed by atoms with Crippen LogP contribution in [-0.4, -0.2) is 53.2 Å². The van der Waals surface area contributed by atoms with Crippen LogP contribution in [0.4, 0.5) is 0 Å². The second-order valence-electron chi connectivity index (χ2n) is 7.16. The van der Waals surface area contributed by atoms with E-state index in [1.807, 2.05) is 47.5 Å². The second kappa shape index (κ2) is 9.69. The van der Waals surface area contributed by atoms with Crippen molar-refractivity contribution in [1.29, 1.82) is 5.26 Å². The molecule has 7 nitrogen and oxygen atoms in total. The number of aliphatic imine (C=N–C) groups is 1. The molecule has 2 aliphatic heterocycles. The van der Waals surface area contributed by atoms with Crippen LogP contribution in [0.2, 0.25) is 9.36 Å². The van der Waals surface area contributed by atoms with Gasteiger partial charge in [-0.05, 0) is 36.6 Å². The highest BCUT2D eigenvalue weighted by Crippen LogP contribution is 2.29. The summed E-state index contributed by atoms with van der Waals surface area (Å²) in [6.45, 7) is 1.56. The predicted molar refractivity (Wildman–Crippen MR) is 124 cm³/mol. The van der Waals surface area contributed by atoms with E-state index in [1.165, 1.54) is 11.3 Å². The second-order valence-corrected chi connectivity index (χ2v) is 9.28. The van der Waals surface area contributed by atoms with Crippen molar-refractivity contribution in [2.75, 3.05) is 19.6 Å². The van der Waals surface area contributed by atoms with Gasteiger partial charge in [-0.15, -0.1) is 11.3 Å². The largest absolute Gasteiger partial charge is 0.332 e. The lowest BCUT2D eigenvalue weighted by Gasteiger charge is -2.25. The van der Waals surface area contributed by atoms with Crippen molar-refractivity contribution in [2.24, 2.45) is 10.1 Å². The third-order valence-corrected chi connectivity index (χ3v) is 6.84. The van der Waals surface area contributed by atoms with Crippen molar-refractivity contribution in [3.8, 4) is 6.19 Å². The highest BCUT2D eigenvalue weighted by molar-refractivity contribution is 7.18. The predicted octanol–water partition coefficient (Wildman–Crippen LogP) is 3.73. The Labute approximate surface area is 194 Å². The van der Waals surface area contributed by atoms with Crippen molar-refractivity contribution in [3.63, 3.8) is 0 Å². The molecule has 0 aliphatic carbocycles. The lowest BCUT2D eigenvalue weighted by Crippen LogP contribution is -2.45. The van der Waals surface area contributed by atoms with Gasteiger partial charge < -0.3 is 4.90 Å². The average Bonchev–Trinajstić information content (AvgIpc) is 3.48. The van der Waals surface area contributed by atoms with Crippen molar-refractivity contribution < 1.29 is 4.79 Å². The molecule has 0 saturated carbocycles. The lowest BCUT2D eigenvalue weighted by molar-refractivity contribution is -0.128. The number of hydrogen-bond donors (Lipinski definition) is 1. The summed E-state index contributed by atoms with van der Waals surface area (Å²) in [5.41, 5.74) is 1.76.